The first-order chi connectivity index (χ1) is 19.5. The summed E-state index contributed by atoms with van der Waals surface area (Å²) >= 11 is 0. The van der Waals surface area contributed by atoms with E-state index in [2.05, 4.69) is 34.0 Å². The lowest BCUT2D eigenvalue weighted by Gasteiger charge is -2.24. The molecule has 0 radical (unpaired) electrons. The number of nitrogens with zero attached hydrogens (tertiary/aromatic N) is 2. The molecule has 2 aromatic heterocycles. The van der Waals surface area contributed by atoms with Crippen LogP contribution in [-0.2, 0) is 13.2 Å². The third-order valence-corrected chi connectivity index (χ3v) is 8.24. The lowest BCUT2D eigenvalue weighted by molar-refractivity contribution is 0.0697. The Balaban J connectivity index is 1.49. The van der Waals surface area contributed by atoms with Gasteiger partial charge in [0.25, 0.3) is 0 Å². The Morgan fingerprint density at radius 1 is 1.00 bits per heavy atom. The molecular weight excluding hydrogens is 500 g/mol. The SMILES string of the molecule is Cc1noc(C)c1Cn1c(-c2ccc(OCc3ccccc3)cc2)c(C2CCCCC2)c2ccc(C(=O)O)cc21. The van der Waals surface area contributed by atoms with Crippen molar-refractivity contribution in [3.63, 3.8) is 0 Å². The molecule has 0 aliphatic heterocycles. The summed E-state index contributed by atoms with van der Waals surface area (Å²) in [5.41, 5.74) is 7.76. The van der Waals surface area contributed by atoms with Gasteiger partial charge in [0, 0.05) is 16.5 Å². The number of hydrogen-bond donors (Lipinski definition) is 1. The first-order valence-electron chi connectivity index (χ1n) is 14.1. The summed E-state index contributed by atoms with van der Waals surface area (Å²) in [5.74, 6) is 1.09. The molecular formula is C34H34N2O4. The Morgan fingerprint density at radius 3 is 2.42 bits per heavy atom. The first kappa shape index (κ1) is 25.9. The molecule has 6 nitrogen and oxygen atoms in total. The number of aromatic carboxylic acids is 1. The van der Waals surface area contributed by atoms with Crippen molar-refractivity contribution in [3.8, 4) is 17.0 Å². The third-order valence-electron chi connectivity index (χ3n) is 8.24. The van der Waals surface area contributed by atoms with E-state index >= 15 is 0 Å². The molecule has 204 valence electrons. The fourth-order valence-electron chi connectivity index (χ4n) is 6.12. The van der Waals surface area contributed by atoms with Crippen molar-refractivity contribution in [1.29, 1.82) is 0 Å². The van der Waals surface area contributed by atoms with Crippen molar-refractivity contribution in [1.82, 2.24) is 9.72 Å². The Hall–Kier alpha value is -4.32. The monoisotopic (exact) mass is 534 g/mol. The quantitative estimate of drug-likeness (QED) is 0.217. The van der Waals surface area contributed by atoms with Crippen LogP contribution in [0.15, 0.2) is 77.3 Å². The highest BCUT2D eigenvalue weighted by Gasteiger charge is 2.28. The zero-order valence-corrected chi connectivity index (χ0v) is 23.0. The molecule has 2 heterocycles. The maximum Gasteiger partial charge on any atom is 0.335 e. The van der Waals surface area contributed by atoms with Gasteiger partial charge in [-0.15, -0.1) is 0 Å². The second-order valence-corrected chi connectivity index (χ2v) is 10.8. The minimum atomic E-state index is -0.923. The number of aryl methyl sites for hydroxylation is 2. The normalized spacial score (nSPS) is 14.1. The van der Waals surface area contributed by atoms with Crippen LogP contribution in [0, 0.1) is 13.8 Å². The summed E-state index contributed by atoms with van der Waals surface area (Å²) in [7, 11) is 0. The lowest BCUT2D eigenvalue weighted by atomic mass is 9.81. The number of carboxylic acid groups (broad SMARTS) is 1. The predicted molar refractivity (Wildman–Crippen MR) is 156 cm³/mol. The summed E-state index contributed by atoms with van der Waals surface area (Å²) in [6.45, 7) is 4.96. The van der Waals surface area contributed by atoms with Gasteiger partial charge < -0.3 is 18.9 Å². The van der Waals surface area contributed by atoms with Crippen LogP contribution in [-0.4, -0.2) is 20.8 Å². The number of carboxylic acids is 1. The Labute approximate surface area is 234 Å². The molecule has 0 saturated heterocycles. The molecule has 0 amide bonds. The fourth-order valence-corrected chi connectivity index (χ4v) is 6.12. The zero-order chi connectivity index (χ0) is 27.6. The van der Waals surface area contributed by atoms with Gasteiger partial charge in [-0.3, -0.25) is 0 Å². The predicted octanol–water partition coefficient (Wildman–Crippen LogP) is 8.29. The van der Waals surface area contributed by atoms with Crippen LogP contribution in [0.4, 0.5) is 0 Å². The molecule has 1 fully saturated rings. The maximum atomic E-state index is 12.0. The largest absolute Gasteiger partial charge is 0.489 e. The number of rotatable bonds is 8. The molecule has 1 saturated carbocycles. The molecule has 5 aromatic rings. The highest BCUT2D eigenvalue weighted by molar-refractivity contribution is 5.98. The van der Waals surface area contributed by atoms with Crippen LogP contribution in [0.2, 0.25) is 0 Å². The Bertz CT molecular complexity index is 1620. The van der Waals surface area contributed by atoms with Gasteiger partial charge in [0.05, 0.1) is 23.5 Å². The standard InChI is InChI=1S/C34H34N2O4/c1-22-30(23(2)40-35-22)20-36-31-19-27(34(37)38)15-18-29(31)32(25-11-7-4-8-12-25)33(36)26-13-16-28(17-14-26)39-21-24-9-5-3-6-10-24/h3,5-6,9-10,13-19,25H,4,7-8,11-12,20-21H2,1-2H3,(H,37,38). The van der Waals surface area contributed by atoms with Gasteiger partial charge in [0.2, 0.25) is 0 Å². The van der Waals surface area contributed by atoms with Crippen LogP contribution in [0.5, 0.6) is 5.75 Å². The third kappa shape index (κ3) is 5.02. The van der Waals surface area contributed by atoms with Crippen molar-refractivity contribution < 1.29 is 19.2 Å². The minimum absolute atomic E-state index is 0.288. The van der Waals surface area contributed by atoms with E-state index in [9.17, 15) is 9.90 Å². The van der Waals surface area contributed by atoms with Gasteiger partial charge in [-0.2, -0.15) is 0 Å². The smallest absolute Gasteiger partial charge is 0.335 e. The number of ether oxygens (including phenoxy) is 1. The van der Waals surface area contributed by atoms with Crippen molar-refractivity contribution >= 4 is 16.9 Å². The molecule has 1 aliphatic rings. The van der Waals surface area contributed by atoms with E-state index in [1.54, 1.807) is 6.07 Å². The molecule has 1 N–H and O–H groups in total. The molecule has 0 atom stereocenters. The van der Waals surface area contributed by atoms with Crippen LogP contribution in [0.3, 0.4) is 0 Å². The first-order valence-corrected chi connectivity index (χ1v) is 14.1. The second kappa shape index (κ2) is 11.0. The minimum Gasteiger partial charge on any atom is -0.489 e. The average molecular weight is 535 g/mol. The number of fused-ring (bicyclic) bond motifs is 1. The second-order valence-electron chi connectivity index (χ2n) is 10.8. The highest BCUT2D eigenvalue weighted by Crippen LogP contribution is 2.45. The van der Waals surface area contributed by atoms with Gasteiger partial charge in [-0.25, -0.2) is 4.79 Å². The van der Waals surface area contributed by atoms with Crippen molar-refractivity contribution in [2.75, 3.05) is 0 Å². The molecule has 40 heavy (non-hydrogen) atoms. The van der Waals surface area contributed by atoms with Crippen LogP contribution in [0.1, 0.15) is 76.5 Å². The summed E-state index contributed by atoms with van der Waals surface area (Å²) in [6.07, 6.45) is 5.95. The summed E-state index contributed by atoms with van der Waals surface area (Å²) < 4.78 is 13.9. The van der Waals surface area contributed by atoms with Crippen molar-refractivity contribution in [3.05, 3.63) is 107 Å². The Morgan fingerprint density at radius 2 is 1.75 bits per heavy atom. The summed E-state index contributed by atoms with van der Waals surface area (Å²) in [5, 5.41) is 15.2. The highest BCUT2D eigenvalue weighted by atomic mass is 16.5. The van der Waals surface area contributed by atoms with Crippen LogP contribution < -0.4 is 4.74 Å². The van der Waals surface area contributed by atoms with Crippen LogP contribution >= 0.6 is 0 Å². The van der Waals surface area contributed by atoms with Gasteiger partial charge in [0.15, 0.2) is 0 Å². The van der Waals surface area contributed by atoms with E-state index in [0.717, 1.165) is 63.3 Å². The van der Waals surface area contributed by atoms with Gasteiger partial charge in [-0.05, 0) is 85.7 Å². The van der Waals surface area contributed by atoms with Gasteiger partial charge in [0.1, 0.15) is 18.1 Å². The van der Waals surface area contributed by atoms with Crippen molar-refractivity contribution in [2.24, 2.45) is 0 Å². The molecule has 6 heteroatoms. The molecule has 1 aliphatic carbocycles. The molecule has 0 unspecified atom stereocenters. The molecule has 0 spiro atoms. The lowest BCUT2D eigenvalue weighted by Crippen LogP contribution is -2.08. The maximum absolute atomic E-state index is 12.0. The molecule has 3 aromatic carbocycles. The Kier molecular flexibility index (Phi) is 7.16. The fraction of sp³-hybridized carbons (Fsp3) is 0.294. The van der Waals surface area contributed by atoms with E-state index in [4.69, 9.17) is 9.26 Å². The number of benzene rings is 3. The van der Waals surface area contributed by atoms with E-state index in [-0.39, 0.29) is 5.56 Å². The van der Waals surface area contributed by atoms with E-state index in [0.29, 0.717) is 19.1 Å². The van der Waals surface area contributed by atoms with E-state index < -0.39 is 5.97 Å². The van der Waals surface area contributed by atoms with Crippen molar-refractivity contribution in [2.45, 2.75) is 65.0 Å². The van der Waals surface area contributed by atoms with Crippen LogP contribution in [0.25, 0.3) is 22.2 Å². The van der Waals surface area contributed by atoms with E-state index in [1.807, 2.05) is 56.3 Å². The molecule has 0 bridgehead atoms. The summed E-state index contributed by atoms with van der Waals surface area (Å²) in [4.78, 5) is 12.0. The zero-order valence-electron chi connectivity index (χ0n) is 23.0. The van der Waals surface area contributed by atoms with Gasteiger partial charge in [-0.1, -0.05) is 60.8 Å². The number of hydrogen-bond acceptors (Lipinski definition) is 4. The van der Waals surface area contributed by atoms with E-state index in [1.165, 1.54) is 24.8 Å². The number of aromatic nitrogens is 2. The number of carbonyl (C=O) groups is 1. The van der Waals surface area contributed by atoms with Gasteiger partial charge >= 0.3 is 5.97 Å². The topological polar surface area (TPSA) is 77.5 Å². The molecule has 6 rings (SSSR count). The average Bonchev–Trinajstić information content (AvgIpc) is 3.49. The summed E-state index contributed by atoms with van der Waals surface area (Å²) in [6, 6.07) is 24.0.